The third-order valence-corrected chi connectivity index (χ3v) is 4.58. The lowest BCUT2D eigenvalue weighted by Crippen LogP contribution is -2.41. The molecule has 0 radical (unpaired) electrons. The summed E-state index contributed by atoms with van der Waals surface area (Å²) in [5, 5.41) is 9.23. The van der Waals surface area contributed by atoms with Crippen LogP contribution in [0.25, 0.3) is 0 Å². The van der Waals surface area contributed by atoms with Crippen LogP contribution in [0.5, 0.6) is 0 Å². The highest BCUT2D eigenvalue weighted by Crippen LogP contribution is 2.33. The van der Waals surface area contributed by atoms with Crippen molar-refractivity contribution in [1.82, 2.24) is 4.90 Å². The van der Waals surface area contributed by atoms with Crippen molar-refractivity contribution in [2.75, 3.05) is 13.1 Å². The highest BCUT2D eigenvalue weighted by atomic mass is 16.4. The lowest BCUT2D eigenvalue weighted by atomic mass is 9.78. The average molecular weight is 253 g/mol. The van der Waals surface area contributed by atoms with E-state index in [4.69, 9.17) is 0 Å². The minimum Gasteiger partial charge on any atom is -0.481 e. The van der Waals surface area contributed by atoms with E-state index < -0.39 is 11.9 Å². The van der Waals surface area contributed by atoms with Gasteiger partial charge in [0.05, 0.1) is 11.8 Å². The van der Waals surface area contributed by atoms with E-state index in [0.717, 1.165) is 45.2 Å². The number of hydrogen-bond acceptors (Lipinski definition) is 2. The molecule has 3 atom stereocenters. The summed E-state index contributed by atoms with van der Waals surface area (Å²) in [6, 6.07) is 0. The van der Waals surface area contributed by atoms with Crippen LogP contribution in [0.15, 0.2) is 0 Å². The highest BCUT2D eigenvalue weighted by molar-refractivity contribution is 5.85. The van der Waals surface area contributed by atoms with Crippen molar-refractivity contribution in [3.63, 3.8) is 0 Å². The van der Waals surface area contributed by atoms with E-state index >= 15 is 0 Å². The van der Waals surface area contributed by atoms with Gasteiger partial charge in [-0.3, -0.25) is 9.59 Å². The van der Waals surface area contributed by atoms with E-state index in [1.54, 1.807) is 0 Å². The fourth-order valence-electron chi connectivity index (χ4n) is 3.32. The number of carbonyl (C=O) groups is 2. The lowest BCUT2D eigenvalue weighted by Gasteiger charge is -2.31. The molecule has 102 valence electrons. The zero-order valence-corrected chi connectivity index (χ0v) is 11.1. The summed E-state index contributed by atoms with van der Waals surface area (Å²) in [5.41, 5.74) is 0. The smallest absolute Gasteiger partial charge is 0.307 e. The number of carboxylic acids is 1. The van der Waals surface area contributed by atoms with Crippen LogP contribution < -0.4 is 0 Å². The summed E-state index contributed by atoms with van der Waals surface area (Å²) in [4.78, 5) is 25.6. The van der Waals surface area contributed by atoms with Gasteiger partial charge < -0.3 is 10.0 Å². The molecule has 0 aromatic heterocycles. The number of carboxylic acid groups (broad SMARTS) is 1. The van der Waals surface area contributed by atoms with Crippen molar-refractivity contribution >= 4 is 11.9 Å². The highest BCUT2D eigenvalue weighted by Gasteiger charge is 2.39. The second-order valence-electron chi connectivity index (χ2n) is 5.68. The molecule has 3 unspecified atom stereocenters. The first-order valence-electron chi connectivity index (χ1n) is 7.15. The van der Waals surface area contributed by atoms with Crippen molar-refractivity contribution in [3.05, 3.63) is 0 Å². The van der Waals surface area contributed by atoms with Crippen LogP contribution in [-0.4, -0.2) is 35.0 Å². The van der Waals surface area contributed by atoms with E-state index in [1.165, 1.54) is 0 Å². The van der Waals surface area contributed by atoms with E-state index in [-0.39, 0.29) is 11.8 Å². The predicted octanol–water partition coefficient (Wildman–Crippen LogP) is 2.14. The molecule has 1 aliphatic carbocycles. The summed E-state index contributed by atoms with van der Waals surface area (Å²) >= 11 is 0. The largest absolute Gasteiger partial charge is 0.481 e. The fraction of sp³-hybridized carbons (Fsp3) is 0.857. The topological polar surface area (TPSA) is 57.6 Å². The average Bonchev–Trinajstić information content (AvgIpc) is 2.86. The summed E-state index contributed by atoms with van der Waals surface area (Å²) in [6.45, 7) is 3.80. The number of likely N-dealkylation sites (tertiary alicyclic amines) is 1. The first-order chi connectivity index (χ1) is 8.63. The Morgan fingerprint density at radius 3 is 2.39 bits per heavy atom. The maximum Gasteiger partial charge on any atom is 0.307 e. The minimum absolute atomic E-state index is 0.0954. The summed E-state index contributed by atoms with van der Waals surface area (Å²) in [6.07, 6.45) is 5.53. The van der Waals surface area contributed by atoms with Gasteiger partial charge in [-0.1, -0.05) is 26.2 Å². The van der Waals surface area contributed by atoms with Gasteiger partial charge in [0.1, 0.15) is 0 Å². The molecule has 0 aromatic carbocycles. The molecule has 1 N–H and O–H groups in total. The monoisotopic (exact) mass is 253 g/mol. The molecule has 2 rings (SSSR count). The molecule has 2 aliphatic rings. The normalized spacial score (nSPS) is 32.5. The number of nitrogens with zero attached hydrogens (tertiary/aromatic N) is 1. The Hall–Kier alpha value is -1.06. The van der Waals surface area contributed by atoms with Crippen LogP contribution >= 0.6 is 0 Å². The van der Waals surface area contributed by atoms with E-state index in [1.807, 2.05) is 4.90 Å². The van der Waals surface area contributed by atoms with Crippen LogP contribution in [0.1, 0.15) is 45.4 Å². The first-order valence-corrected chi connectivity index (χ1v) is 7.15. The van der Waals surface area contributed by atoms with Crippen molar-refractivity contribution < 1.29 is 14.7 Å². The number of rotatable bonds is 3. The van der Waals surface area contributed by atoms with Gasteiger partial charge in [-0.2, -0.15) is 0 Å². The molecule has 0 spiro atoms. The Morgan fingerprint density at radius 2 is 1.83 bits per heavy atom. The van der Waals surface area contributed by atoms with Crippen LogP contribution in [0, 0.1) is 17.8 Å². The van der Waals surface area contributed by atoms with Gasteiger partial charge in [-0.15, -0.1) is 0 Å². The van der Waals surface area contributed by atoms with Gasteiger partial charge in [-0.25, -0.2) is 0 Å². The van der Waals surface area contributed by atoms with Crippen molar-refractivity contribution in [2.24, 2.45) is 17.8 Å². The number of carbonyl (C=O) groups excluding carboxylic acids is 1. The van der Waals surface area contributed by atoms with Crippen LogP contribution in [0.4, 0.5) is 0 Å². The van der Waals surface area contributed by atoms with Gasteiger partial charge in [-0.05, 0) is 25.2 Å². The third-order valence-electron chi connectivity index (χ3n) is 4.58. The van der Waals surface area contributed by atoms with E-state index in [0.29, 0.717) is 12.3 Å². The SMILES string of the molecule is CCC1CCN(C(=O)C2CCCCC2C(=O)O)C1. The fourth-order valence-corrected chi connectivity index (χ4v) is 3.32. The van der Waals surface area contributed by atoms with Crippen LogP contribution in [-0.2, 0) is 9.59 Å². The maximum absolute atomic E-state index is 12.4. The molecule has 4 heteroatoms. The number of aliphatic carboxylic acids is 1. The summed E-state index contributed by atoms with van der Waals surface area (Å²) in [5.74, 6) is -0.808. The van der Waals surface area contributed by atoms with Crippen LogP contribution in [0.3, 0.4) is 0 Å². The van der Waals surface area contributed by atoms with Gasteiger partial charge in [0.15, 0.2) is 0 Å². The van der Waals surface area contributed by atoms with Crippen molar-refractivity contribution in [2.45, 2.75) is 45.4 Å². The van der Waals surface area contributed by atoms with E-state index in [9.17, 15) is 14.7 Å². The van der Waals surface area contributed by atoms with Gasteiger partial charge in [0.2, 0.25) is 5.91 Å². The second kappa shape index (κ2) is 5.72. The molecular weight excluding hydrogens is 230 g/mol. The quantitative estimate of drug-likeness (QED) is 0.838. The second-order valence-corrected chi connectivity index (χ2v) is 5.68. The van der Waals surface area contributed by atoms with Crippen molar-refractivity contribution in [1.29, 1.82) is 0 Å². The number of amides is 1. The molecule has 0 bridgehead atoms. The van der Waals surface area contributed by atoms with E-state index in [2.05, 4.69) is 6.92 Å². The molecule has 1 saturated heterocycles. The zero-order valence-electron chi connectivity index (χ0n) is 11.1. The molecule has 0 aromatic rings. The minimum atomic E-state index is -0.792. The standard InChI is InChI=1S/C14H23NO3/c1-2-10-7-8-15(9-10)13(16)11-5-3-4-6-12(11)14(17)18/h10-12H,2-9H2,1H3,(H,17,18). The molecule has 1 amide bonds. The Morgan fingerprint density at radius 1 is 1.17 bits per heavy atom. The molecular formula is C14H23NO3. The summed E-state index contributed by atoms with van der Waals surface area (Å²) in [7, 11) is 0. The lowest BCUT2D eigenvalue weighted by molar-refractivity contribution is -0.152. The summed E-state index contributed by atoms with van der Waals surface area (Å²) < 4.78 is 0. The maximum atomic E-state index is 12.4. The van der Waals surface area contributed by atoms with Crippen LogP contribution in [0.2, 0.25) is 0 Å². The first kappa shape index (κ1) is 13.4. The number of hydrogen-bond donors (Lipinski definition) is 1. The zero-order chi connectivity index (χ0) is 13.1. The molecule has 1 aliphatic heterocycles. The van der Waals surface area contributed by atoms with Gasteiger partial charge >= 0.3 is 5.97 Å². The van der Waals surface area contributed by atoms with Gasteiger partial charge in [0.25, 0.3) is 0 Å². The third kappa shape index (κ3) is 2.68. The van der Waals surface area contributed by atoms with Crippen molar-refractivity contribution in [3.8, 4) is 0 Å². The molecule has 1 saturated carbocycles. The Kier molecular flexibility index (Phi) is 4.25. The molecule has 4 nitrogen and oxygen atoms in total. The van der Waals surface area contributed by atoms with Gasteiger partial charge in [0, 0.05) is 13.1 Å². The molecule has 1 heterocycles. The Balaban J connectivity index is 2.00. The Labute approximate surface area is 108 Å². The Bertz CT molecular complexity index is 329. The molecule has 2 fully saturated rings. The predicted molar refractivity (Wildman–Crippen MR) is 68.1 cm³/mol. The molecule has 18 heavy (non-hydrogen) atoms.